The number of piperidine rings is 1. The lowest BCUT2D eigenvalue weighted by atomic mass is 10.0. The molecule has 31 heavy (non-hydrogen) atoms. The average molecular weight is 428 g/mol. The number of rotatable bonds is 5. The number of nitrogens with zero attached hydrogens (tertiary/aromatic N) is 5. The first kappa shape index (κ1) is 22.2. The van der Waals surface area contributed by atoms with Gasteiger partial charge in [0, 0.05) is 50.3 Å². The van der Waals surface area contributed by atoms with Gasteiger partial charge in [0.2, 0.25) is 11.8 Å². The molecule has 1 aromatic rings. The van der Waals surface area contributed by atoms with Crippen molar-refractivity contribution in [3.63, 3.8) is 0 Å². The second-order valence-corrected chi connectivity index (χ2v) is 9.83. The normalized spacial score (nSPS) is 23.0. The van der Waals surface area contributed by atoms with E-state index in [2.05, 4.69) is 25.7 Å². The van der Waals surface area contributed by atoms with E-state index >= 15 is 0 Å². The zero-order valence-electron chi connectivity index (χ0n) is 19.6. The van der Waals surface area contributed by atoms with Gasteiger partial charge >= 0.3 is 0 Å². The Bertz CT molecular complexity index is 832. The van der Waals surface area contributed by atoms with Crippen LogP contribution in [0.1, 0.15) is 82.4 Å². The Morgan fingerprint density at radius 3 is 2.52 bits per heavy atom. The molecule has 0 saturated carbocycles. The summed E-state index contributed by atoms with van der Waals surface area (Å²) in [6.07, 6.45) is 6.51. The third-order valence-corrected chi connectivity index (χ3v) is 7.26. The minimum Gasteiger partial charge on any atom is -0.343 e. The highest BCUT2D eigenvalue weighted by atomic mass is 16.2. The molecule has 3 aliphatic heterocycles. The van der Waals surface area contributed by atoms with Crippen molar-refractivity contribution in [2.75, 3.05) is 31.1 Å². The fourth-order valence-electron chi connectivity index (χ4n) is 5.39. The molecular formula is C24H37N5O2. The first-order valence-corrected chi connectivity index (χ1v) is 12.0. The summed E-state index contributed by atoms with van der Waals surface area (Å²) in [6.45, 7) is 11.6. The number of carbonyl (C=O) groups excluding carboxylic acids is 2. The summed E-state index contributed by atoms with van der Waals surface area (Å²) >= 11 is 0. The lowest BCUT2D eigenvalue weighted by molar-refractivity contribution is -0.130. The molecule has 0 N–H and O–H groups in total. The molecule has 0 spiro atoms. The van der Waals surface area contributed by atoms with Gasteiger partial charge in [-0.25, -0.2) is 9.97 Å². The zero-order chi connectivity index (χ0) is 22.1. The van der Waals surface area contributed by atoms with Crippen LogP contribution in [-0.2, 0) is 16.0 Å². The van der Waals surface area contributed by atoms with Crippen molar-refractivity contribution in [2.45, 2.75) is 84.7 Å². The Balaban J connectivity index is 1.57. The zero-order valence-corrected chi connectivity index (χ0v) is 19.6. The van der Waals surface area contributed by atoms with E-state index in [1.807, 2.05) is 9.80 Å². The lowest BCUT2D eigenvalue weighted by Crippen LogP contribution is -2.46. The fourth-order valence-corrected chi connectivity index (χ4v) is 5.39. The first-order valence-electron chi connectivity index (χ1n) is 12.0. The van der Waals surface area contributed by atoms with Crippen LogP contribution in [0, 0.1) is 12.8 Å². The fraction of sp³-hybridized carbons (Fsp3) is 0.750. The maximum atomic E-state index is 12.7. The number of aromatic nitrogens is 2. The summed E-state index contributed by atoms with van der Waals surface area (Å²) in [5.41, 5.74) is 2.17. The molecule has 1 aromatic heterocycles. The molecule has 1 atom stereocenters. The van der Waals surface area contributed by atoms with Gasteiger partial charge in [-0.3, -0.25) is 19.4 Å². The van der Waals surface area contributed by atoms with Crippen LogP contribution in [0.2, 0.25) is 0 Å². The van der Waals surface area contributed by atoms with Gasteiger partial charge < -0.3 is 4.90 Å². The molecular weight excluding hydrogens is 390 g/mol. The Morgan fingerprint density at radius 2 is 1.84 bits per heavy atom. The average Bonchev–Trinajstić information content (AvgIpc) is 3.22. The highest BCUT2D eigenvalue weighted by molar-refractivity contribution is 5.95. The minimum atomic E-state index is 0.177. The summed E-state index contributed by atoms with van der Waals surface area (Å²) in [5, 5.41) is 0. The molecule has 0 bridgehead atoms. The molecule has 4 heterocycles. The van der Waals surface area contributed by atoms with E-state index in [4.69, 9.17) is 9.97 Å². The van der Waals surface area contributed by atoms with E-state index < -0.39 is 0 Å². The SMILES string of the molecule is CC(=O)N1CCC(N2CCCC2c2nc(C)c3c(n2)N(CCC(C)C)C(=O)CC3)CC1. The quantitative estimate of drug-likeness (QED) is 0.721. The Kier molecular flexibility index (Phi) is 6.60. The highest BCUT2D eigenvalue weighted by Gasteiger charge is 2.37. The van der Waals surface area contributed by atoms with Crippen molar-refractivity contribution in [1.82, 2.24) is 19.8 Å². The second kappa shape index (κ2) is 9.23. The van der Waals surface area contributed by atoms with Gasteiger partial charge in [0.25, 0.3) is 0 Å². The smallest absolute Gasteiger partial charge is 0.228 e. The Morgan fingerprint density at radius 1 is 1.10 bits per heavy atom. The van der Waals surface area contributed by atoms with Gasteiger partial charge in [0.15, 0.2) is 0 Å². The summed E-state index contributed by atoms with van der Waals surface area (Å²) < 4.78 is 0. The number of amides is 2. The third-order valence-electron chi connectivity index (χ3n) is 7.26. The molecule has 2 saturated heterocycles. The molecule has 170 valence electrons. The van der Waals surface area contributed by atoms with Crippen molar-refractivity contribution in [3.05, 3.63) is 17.1 Å². The summed E-state index contributed by atoms with van der Waals surface area (Å²) in [5.74, 6) is 2.66. The third kappa shape index (κ3) is 4.61. The van der Waals surface area contributed by atoms with Crippen LogP contribution in [0.3, 0.4) is 0 Å². The maximum Gasteiger partial charge on any atom is 0.228 e. The van der Waals surface area contributed by atoms with E-state index in [1.165, 1.54) is 0 Å². The number of hydrogen-bond donors (Lipinski definition) is 0. The van der Waals surface area contributed by atoms with Crippen molar-refractivity contribution in [1.29, 1.82) is 0 Å². The summed E-state index contributed by atoms with van der Waals surface area (Å²) in [4.78, 5) is 40.9. The molecule has 1 unspecified atom stereocenters. The predicted molar refractivity (Wildman–Crippen MR) is 121 cm³/mol. The molecule has 0 radical (unpaired) electrons. The summed E-state index contributed by atoms with van der Waals surface area (Å²) in [7, 11) is 0. The van der Waals surface area contributed by atoms with Gasteiger partial charge in [0.05, 0.1) is 6.04 Å². The Labute approximate surface area is 186 Å². The van der Waals surface area contributed by atoms with Crippen molar-refractivity contribution < 1.29 is 9.59 Å². The van der Waals surface area contributed by atoms with Crippen LogP contribution in [-0.4, -0.2) is 63.8 Å². The monoisotopic (exact) mass is 427 g/mol. The molecule has 2 fully saturated rings. The number of hydrogen-bond acceptors (Lipinski definition) is 5. The molecule has 7 nitrogen and oxygen atoms in total. The van der Waals surface area contributed by atoms with Crippen molar-refractivity contribution >= 4 is 17.6 Å². The van der Waals surface area contributed by atoms with Crippen LogP contribution < -0.4 is 4.90 Å². The minimum absolute atomic E-state index is 0.177. The van der Waals surface area contributed by atoms with Crippen LogP contribution >= 0.6 is 0 Å². The van der Waals surface area contributed by atoms with E-state index in [0.717, 1.165) is 87.6 Å². The number of likely N-dealkylation sites (tertiary alicyclic amines) is 2. The number of anilines is 1. The molecule has 0 aliphatic carbocycles. The van der Waals surface area contributed by atoms with Crippen LogP contribution in [0.25, 0.3) is 0 Å². The lowest BCUT2D eigenvalue weighted by Gasteiger charge is -2.39. The molecule has 7 heteroatoms. The van der Waals surface area contributed by atoms with Gasteiger partial charge in [0.1, 0.15) is 11.6 Å². The van der Waals surface area contributed by atoms with Gasteiger partial charge in [-0.2, -0.15) is 0 Å². The second-order valence-electron chi connectivity index (χ2n) is 9.83. The van der Waals surface area contributed by atoms with Gasteiger partial charge in [-0.1, -0.05) is 13.8 Å². The van der Waals surface area contributed by atoms with E-state index in [9.17, 15) is 9.59 Å². The van der Waals surface area contributed by atoms with Gasteiger partial charge in [-0.15, -0.1) is 0 Å². The van der Waals surface area contributed by atoms with Crippen LogP contribution in [0.5, 0.6) is 0 Å². The van der Waals surface area contributed by atoms with Crippen LogP contribution in [0.4, 0.5) is 5.82 Å². The highest BCUT2D eigenvalue weighted by Crippen LogP contribution is 2.37. The maximum absolute atomic E-state index is 12.7. The number of carbonyl (C=O) groups is 2. The number of aryl methyl sites for hydroxylation is 1. The molecule has 3 aliphatic rings. The van der Waals surface area contributed by atoms with Crippen LogP contribution in [0.15, 0.2) is 0 Å². The largest absolute Gasteiger partial charge is 0.343 e. The predicted octanol–water partition coefficient (Wildman–Crippen LogP) is 3.26. The summed E-state index contributed by atoms with van der Waals surface area (Å²) in [6, 6.07) is 0.684. The molecule has 0 aromatic carbocycles. The van der Waals surface area contributed by atoms with Crippen molar-refractivity contribution in [3.8, 4) is 0 Å². The van der Waals surface area contributed by atoms with E-state index in [1.54, 1.807) is 6.92 Å². The topological polar surface area (TPSA) is 69.6 Å². The first-order chi connectivity index (χ1) is 14.8. The molecule has 4 rings (SSSR count). The van der Waals surface area contributed by atoms with Crippen molar-refractivity contribution in [2.24, 2.45) is 5.92 Å². The van der Waals surface area contributed by atoms with E-state index in [-0.39, 0.29) is 17.9 Å². The Hall–Kier alpha value is -2.02. The molecule has 2 amide bonds. The van der Waals surface area contributed by atoms with Gasteiger partial charge in [-0.05, 0) is 57.9 Å². The standard InChI is InChI=1S/C24H37N5O2/c1-16(2)9-15-29-22(31)8-7-20-17(3)25-23(26-24(20)29)21-6-5-12-28(21)19-10-13-27(14-11-19)18(4)30/h16,19,21H,5-15H2,1-4H3. The van der Waals surface area contributed by atoms with E-state index in [0.29, 0.717) is 18.4 Å². The number of fused-ring (bicyclic) bond motifs is 1.